The van der Waals surface area contributed by atoms with E-state index in [1.54, 1.807) is 18.9 Å². The molecule has 3 rings (SSSR count). The molecule has 0 fully saturated rings. The van der Waals surface area contributed by atoms with Crippen molar-refractivity contribution >= 4 is 11.8 Å². The highest BCUT2D eigenvalue weighted by Crippen LogP contribution is 2.28. The number of nitrogens with one attached hydrogen (secondary N) is 2. The maximum absolute atomic E-state index is 11.6. The molecular weight excluding hydrogens is 366 g/mol. The van der Waals surface area contributed by atoms with Crippen LogP contribution in [0, 0.1) is 0 Å². The Morgan fingerprint density at radius 3 is 2.56 bits per heavy atom. The zero-order chi connectivity index (χ0) is 19.4. The molecule has 8 nitrogen and oxygen atoms in total. The van der Waals surface area contributed by atoms with Gasteiger partial charge in [-0.2, -0.15) is 0 Å². The molecule has 9 heteroatoms. The first-order valence-electron chi connectivity index (χ1n) is 8.58. The molecular formula is C18H21N5O3S. The largest absolute Gasteiger partial charge is 0.497 e. The van der Waals surface area contributed by atoms with E-state index in [4.69, 9.17) is 4.74 Å². The number of hydrogen-bond donors (Lipinski definition) is 2. The Hall–Kier alpha value is -2.81. The fraction of sp³-hybridized carbons (Fsp3) is 0.333. The van der Waals surface area contributed by atoms with Gasteiger partial charge in [-0.3, -0.25) is 14.3 Å². The number of nitrogens with zero attached hydrogens (tertiary/aromatic N) is 3. The standard InChI is InChI=1S/C18H21N5O3S/c1-4-11(2)27-18-22-21-15(9-12-10-16(24)20-17(25)19-12)23(18)13-5-7-14(26-3)8-6-13/h5-8,10-11H,4,9H2,1-3H3,(H2,19,20,24,25)/t11-/m0/s1. The van der Waals surface area contributed by atoms with Crippen LogP contribution in [0.5, 0.6) is 5.75 Å². The Kier molecular flexibility index (Phi) is 5.80. The van der Waals surface area contributed by atoms with E-state index in [-0.39, 0.29) is 6.42 Å². The van der Waals surface area contributed by atoms with Crippen molar-refractivity contribution in [3.05, 3.63) is 62.7 Å². The van der Waals surface area contributed by atoms with Crippen molar-refractivity contribution < 1.29 is 4.74 Å². The summed E-state index contributed by atoms with van der Waals surface area (Å²) in [5.41, 5.74) is 0.375. The van der Waals surface area contributed by atoms with Gasteiger partial charge < -0.3 is 9.72 Å². The summed E-state index contributed by atoms with van der Waals surface area (Å²) < 4.78 is 7.17. The summed E-state index contributed by atoms with van der Waals surface area (Å²) in [4.78, 5) is 27.9. The number of aromatic amines is 2. The third-order valence-corrected chi connectivity index (χ3v) is 5.29. The summed E-state index contributed by atoms with van der Waals surface area (Å²) in [6.45, 7) is 4.25. The van der Waals surface area contributed by atoms with Crippen LogP contribution in [-0.2, 0) is 6.42 Å². The molecule has 2 heterocycles. The van der Waals surface area contributed by atoms with Crippen molar-refractivity contribution in [2.24, 2.45) is 0 Å². The SMILES string of the molecule is CC[C@H](C)Sc1nnc(Cc2cc(=O)[nH]c(=O)[nH]2)n1-c1ccc(OC)cc1. The van der Waals surface area contributed by atoms with Gasteiger partial charge in [-0.25, -0.2) is 4.79 Å². The normalized spacial score (nSPS) is 12.1. The van der Waals surface area contributed by atoms with E-state index >= 15 is 0 Å². The molecule has 0 bridgehead atoms. The van der Waals surface area contributed by atoms with Crippen LogP contribution in [0.2, 0.25) is 0 Å². The fourth-order valence-electron chi connectivity index (χ4n) is 2.53. The van der Waals surface area contributed by atoms with E-state index in [0.29, 0.717) is 16.8 Å². The number of methoxy groups -OCH3 is 1. The third-order valence-electron chi connectivity index (χ3n) is 4.08. The van der Waals surface area contributed by atoms with Gasteiger partial charge in [0.2, 0.25) is 0 Å². The van der Waals surface area contributed by atoms with Crippen LogP contribution in [0.25, 0.3) is 5.69 Å². The van der Waals surface area contributed by atoms with Gasteiger partial charge in [0.15, 0.2) is 5.16 Å². The molecule has 0 aliphatic carbocycles. The van der Waals surface area contributed by atoms with E-state index in [0.717, 1.165) is 23.0 Å². The van der Waals surface area contributed by atoms with Crippen molar-refractivity contribution in [3.8, 4) is 11.4 Å². The highest BCUT2D eigenvalue weighted by molar-refractivity contribution is 7.99. The van der Waals surface area contributed by atoms with Crippen LogP contribution in [0.4, 0.5) is 0 Å². The molecule has 0 aliphatic heterocycles. The van der Waals surface area contributed by atoms with E-state index in [1.165, 1.54) is 6.07 Å². The van der Waals surface area contributed by atoms with Gasteiger partial charge >= 0.3 is 5.69 Å². The van der Waals surface area contributed by atoms with E-state index in [9.17, 15) is 9.59 Å². The van der Waals surface area contributed by atoms with Gasteiger partial charge in [-0.05, 0) is 30.7 Å². The van der Waals surface area contributed by atoms with E-state index in [2.05, 4.69) is 34.0 Å². The third kappa shape index (κ3) is 4.48. The minimum absolute atomic E-state index is 0.277. The van der Waals surface area contributed by atoms with Gasteiger partial charge in [0.05, 0.1) is 7.11 Å². The summed E-state index contributed by atoms with van der Waals surface area (Å²) in [5.74, 6) is 1.38. The van der Waals surface area contributed by atoms with E-state index in [1.807, 2.05) is 28.8 Å². The quantitative estimate of drug-likeness (QED) is 0.602. The Balaban J connectivity index is 2.04. The zero-order valence-electron chi connectivity index (χ0n) is 15.4. The maximum Gasteiger partial charge on any atom is 0.325 e. The second kappa shape index (κ2) is 8.26. The molecule has 0 saturated carbocycles. The molecule has 0 radical (unpaired) electrons. The first-order chi connectivity index (χ1) is 13.0. The van der Waals surface area contributed by atoms with Crippen LogP contribution in [0.15, 0.2) is 45.1 Å². The molecule has 1 aromatic carbocycles. The number of hydrogen-bond acceptors (Lipinski definition) is 6. The molecule has 2 aromatic heterocycles. The molecule has 0 spiro atoms. The number of thioether (sulfide) groups is 1. The number of aromatic nitrogens is 5. The van der Waals surface area contributed by atoms with Crippen LogP contribution in [0.1, 0.15) is 31.8 Å². The van der Waals surface area contributed by atoms with Crippen molar-refractivity contribution in [1.82, 2.24) is 24.7 Å². The van der Waals surface area contributed by atoms with Crippen molar-refractivity contribution in [2.45, 2.75) is 37.1 Å². The van der Waals surface area contributed by atoms with Crippen LogP contribution >= 0.6 is 11.8 Å². The monoisotopic (exact) mass is 387 g/mol. The summed E-state index contributed by atoms with van der Waals surface area (Å²) >= 11 is 1.63. The number of benzene rings is 1. The van der Waals surface area contributed by atoms with Crippen molar-refractivity contribution in [3.63, 3.8) is 0 Å². The number of H-pyrrole nitrogens is 2. The Bertz CT molecular complexity index is 994. The lowest BCUT2D eigenvalue weighted by Crippen LogP contribution is -2.23. The Morgan fingerprint density at radius 1 is 1.19 bits per heavy atom. The summed E-state index contributed by atoms with van der Waals surface area (Å²) in [6, 6.07) is 8.94. The fourth-order valence-corrected chi connectivity index (χ4v) is 3.46. The predicted molar refractivity (Wildman–Crippen MR) is 104 cm³/mol. The predicted octanol–water partition coefficient (Wildman–Crippen LogP) is 2.13. The smallest absolute Gasteiger partial charge is 0.325 e. The first kappa shape index (κ1) is 19.0. The topological polar surface area (TPSA) is 106 Å². The second-order valence-electron chi connectivity index (χ2n) is 6.06. The van der Waals surface area contributed by atoms with E-state index < -0.39 is 11.2 Å². The van der Waals surface area contributed by atoms with Gasteiger partial charge in [-0.15, -0.1) is 10.2 Å². The molecule has 142 valence electrons. The molecule has 2 N–H and O–H groups in total. The molecule has 0 saturated heterocycles. The zero-order valence-corrected chi connectivity index (χ0v) is 16.2. The van der Waals surface area contributed by atoms with Gasteiger partial charge in [0.25, 0.3) is 5.56 Å². The van der Waals surface area contributed by atoms with Crippen molar-refractivity contribution in [2.75, 3.05) is 7.11 Å². The Labute approximate surface area is 160 Å². The molecule has 0 aliphatic rings. The Morgan fingerprint density at radius 2 is 1.93 bits per heavy atom. The molecule has 0 amide bonds. The summed E-state index contributed by atoms with van der Waals surface area (Å²) in [6.07, 6.45) is 1.27. The van der Waals surface area contributed by atoms with Gasteiger partial charge in [0.1, 0.15) is 11.6 Å². The number of rotatable bonds is 7. The maximum atomic E-state index is 11.6. The number of ether oxygens (including phenoxy) is 1. The van der Waals surface area contributed by atoms with Crippen LogP contribution < -0.4 is 16.0 Å². The van der Waals surface area contributed by atoms with Crippen LogP contribution in [0.3, 0.4) is 0 Å². The highest BCUT2D eigenvalue weighted by Gasteiger charge is 2.17. The lowest BCUT2D eigenvalue weighted by molar-refractivity contribution is 0.414. The van der Waals surface area contributed by atoms with Crippen molar-refractivity contribution in [1.29, 1.82) is 0 Å². The lowest BCUT2D eigenvalue weighted by atomic mass is 10.2. The summed E-state index contributed by atoms with van der Waals surface area (Å²) in [7, 11) is 1.62. The summed E-state index contributed by atoms with van der Waals surface area (Å²) in [5, 5.41) is 9.77. The average Bonchev–Trinajstić information content (AvgIpc) is 3.02. The highest BCUT2D eigenvalue weighted by atomic mass is 32.2. The molecule has 27 heavy (non-hydrogen) atoms. The minimum Gasteiger partial charge on any atom is -0.497 e. The first-order valence-corrected chi connectivity index (χ1v) is 9.46. The average molecular weight is 387 g/mol. The molecule has 0 unspecified atom stereocenters. The minimum atomic E-state index is -0.540. The van der Waals surface area contributed by atoms with Crippen LogP contribution in [-0.4, -0.2) is 37.1 Å². The lowest BCUT2D eigenvalue weighted by Gasteiger charge is -2.13. The molecule has 3 aromatic rings. The second-order valence-corrected chi connectivity index (χ2v) is 7.46. The van der Waals surface area contributed by atoms with Gasteiger partial charge in [-0.1, -0.05) is 25.6 Å². The van der Waals surface area contributed by atoms with Gasteiger partial charge in [0, 0.05) is 29.1 Å². The molecule has 1 atom stereocenters.